The molecule has 0 saturated carbocycles. The number of azide groups is 1. The van der Waals surface area contributed by atoms with Crippen LogP contribution in [0, 0.1) is 0 Å². The van der Waals surface area contributed by atoms with Crippen molar-refractivity contribution in [2.45, 2.75) is 20.4 Å². The Morgan fingerprint density at radius 3 is 2.52 bits per heavy atom. The molecule has 0 aliphatic heterocycles. The minimum atomic E-state index is -3.27. The van der Waals surface area contributed by atoms with Gasteiger partial charge in [0.05, 0.1) is 25.5 Å². The Labute approximate surface area is 125 Å². The number of nitrogens with zero attached hydrogens (tertiary/aromatic N) is 3. The van der Waals surface area contributed by atoms with Crippen LogP contribution in [0.25, 0.3) is 10.4 Å². The third kappa shape index (κ3) is 5.93. The van der Waals surface area contributed by atoms with Crippen molar-refractivity contribution in [2.75, 3.05) is 25.7 Å². The molecule has 1 atom stereocenters. The standard InChI is InChI=1S/C12H17N3O4S.CH4/c1-4-19-12-7-9(5-6-11(12)18-2)10(14-15-13)8-20(3,16)17;/h5-7,10H,4,8H2,1-3H3;1H4. The summed E-state index contributed by atoms with van der Waals surface area (Å²) >= 11 is 0. The van der Waals surface area contributed by atoms with Crippen molar-refractivity contribution in [3.63, 3.8) is 0 Å². The lowest BCUT2D eigenvalue weighted by molar-refractivity contribution is 0.310. The Morgan fingerprint density at radius 1 is 1.38 bits per heavy atom. The van der Waals surface area contributed by atoms with E-state index in [0.717, 1.165) is 6.26 Å². The Balaban J connectivity index is 0.00000400. The van der Waals surface area contributed by atoms with E-state index in [1.54, 1.807) is 18.2 Å². The summed E-state index contributed by atoms with van der Waals surface area (Å²) in [6.45, 7) is 2.27. The summed E-state index contributed by atoms with van der Waals surface area (Å²) < 4.78 is 33.3. The molecule has 0 aliphatic carbocycles. The highest BCUT2D eigenvalue weighted by molar-refractivity contribution is 7.90. The van der Waals surface area contributed by atoms with Gasteiger partial charge in [-0.15, -0.1) is 0 Å². The Morgan fingerprint density at radius 2 is 2.05 bits per heavy atom. The zero-order valence-electron chi connectivity index (χ0n) is 11.6. The first-order valence-electron chi connectivity index (χ1n) is 5.94. The molecule has 8 heteroatoms. The van der Waals surface area contributed by atoms with Crippen molar-refractivity contribution in [1.29, 1.82) is 0 Å². The topological polar surface area (TPSA) is 101 Å². The molecule has 1 unspecified atom stereocenters. The average molecular weight is 315 g/mol. The molecule has 0 radical (unpaired) electrons. The molecule has 0 saturated heterocycles. The van der Waals surface area contributed by atoms with Crippen LogP contribution in [-0.4, -0.2) is 34.1 Å². The molecule has 7 nitrogen and oxygen atoms in total. The summed E-state index contributed by atoms with van der Waals surface area (Å²) in [4.78, 5) is 2.70. The van der Waals surface area contributed by atoms with Gasteiger partial charge in [-0.25, -0.2) is 8.42 Å². The summed E-state index contributed by atoms with van der Waals surface area (Å²) in [5.41, 5.74) is 9.14. The van der Waals surface area contributed by atoms with Crippen molar-refractivity contribution in [2.24, 2.45) is 5.11 Å². The number of benzene rings is 1. The van der Waals surface area contributed by atoms with E-state index < -0.39 is 15.9 Å². The Kier molecular flexibility index (Phi) is 7.62. The van der Waals surface area contributed by atoms with Gasteiger partial charge in [0.2, 0.25) is 0 Å². The SMILES string of the molecule is C.CCOc1cc(C(CS(C)(=O)=O)N=[N+]=[N-])ccc1OC. The highest BCUT2D eigenvalue weighted by atomic mass is 32.2. The second-order valence-electron chi connectivity index (χ2n) is 4.16. The van der Waals surface area contributed by atoms with Crippen molar-refractivity contribution < 1.29 is 17.9 Å². The van der Waals surface area contributed by atoms with Gasteiger partial charge in [0.25, 0.3) is 0 Å². The van der Waals surface area contributed by atoms with Crippen molar-refractivity contribution in [3.05, 3.63) is 34.2 Å². The third-order valence-corrected chi connectivity index (χ3v) is 3.45. The van der Waals surface area contributed by atoms with E-state index in [1.165, 1.54) is 7.11 Å². The van der Waals surface area contributed by atoms with Gasteiger partial charge in [0.15, 0.2) is 11.5 Å². The minimum absolute atomic E-state index is 0. The van der Waals surface area contributed by atoms with E-state index in [1.807, 2.05) is 6.92 Å². The normalized spacial score (nSPS) is 11.8. The zero-order chi connectivity index (χ0) is 15.2. The first-order valence-corrected chi connectivity index (χ1v) is 8.00. The molecule has 0 aliphatic rings. The second kappa shape index (κ2) is 8.39. The van der Waals surface area contributed by atoms with E-state index in [4.69, 9.17) is 15.0 Å². The predicted molar refractivity (Wildman–Crippen MR) is 82.5 cm³/mol. The molecule has 0 spiro atoms. The molecule has 0 aromatic heterocycles. The molecule has 1 rings (SSSR count). The number of methoxy groups -OCH3 is 1. The number of hydrogen-bond acceptors (Lipinski definition) is 5. The van der Waals surface area contributed by atoms with Crippen LogP contribution in [0.1, 0.15) is 26.0 Å². The zero-order valence-corrected chi connectivity index (χ0v) is 12.4. The summed E-state index contributed by atoms with van der Waals surface area (Å²) in [7, 11) is -1.76. The van der Waals surface area contributed by atoms with Gasteiger partial charge in [-0.1, -0.05) is 18.6 Å². The van der Waals surface area contributed by atoms with Gasteiger partial charge in [-0.2, -0.15) is 0 Å². The van der Waals surface area contributed by atoms with E-state index in [2.05, 4.69) is 10.0 Å². The summed E-state index contributed by atoms with van der Waals surface area (Å²) in [6, 6.07) is 4.15. The first kappa shape index (κ1) is 19.1. The lowest BCUT2D eigenvalue weighted by atomic mass is 10.1. The third-order valence-electron chi connectivity index (χ3n) is 2.52. The molecule has 0 heterocycles. The van der Waals surface area contributed by atoms with Gasteiger partial charge < -0.3 is 9.47 Å². The van der Waals surface area contributed by atoms with Crippen LogP contribution in [-0.2, 0) is 9.84 Å². The van der Waals surface area contributed by atoms with Gasteiger partial charge in [-0.05, 0) is 30.2 Å². The number of hydrogen-bond donors (Lipinski definition) is 0. The van der Waals surface area contributed by atoms with Crippen LogP contribution in [0.2, 0.25) is 0 Å². The van der Waals surface area contributed by atoms with Gasteiger partial charge in [0.1, 0.15) is 9.84 Å². The number of rotatable bonds is 7. The van der Waals surface area contributed by atoms with E-state index in [9.17, 15) is 8.42 Å². The maximum absolute atomic E-state index is 11.4. The van der Waals surface area contributed by atoms with Crippen molar-refractivity contribution >= 4 is 9.84 Å². The van der Waals surface area contributed by atoms with Crippen LogP contribution < -0.4 is 9.47 Å². The van der Waals surface area contributed by atoms with Crippen molar-refractivity contribution in [3.8, 4) is 11.5 Å². The fraction of sp³-hybridized carbons (Fsp3) is 0.538. The smallest absolute Gasteiger partial charge is 0.161 e. The highest BCUT2D eigenvalue weighted by Gasteiger charge is 2.18. The van der Waals surface area contributed by atoms with Crippen molar-refractivity contribution in [1.82, 2.24) is 0 Å². The Hall–Kier alpha value is -1.92. The predicted octanol–water partition coefficient (Wildman–Crippen LogP) is 3.13. The molecule has 118 valence electrons. The van der Waals surface area contributed by atoms with Crippen LogP contribution in [0.3, 0.4) is 0 Å². The molecular formula is C13H21N3O4S. The largest absolute Gasteiger partial charge is 0.493 e. The van der Waals surface area contributed by atoms with Crippen LogP contribution in [0.4, 0.5) is 0 Å². The van der Waals surface area contributed by atoms with Crippen LogP contribution in [0.15, 0.2) is 23.3 Å². The van der Waals surface area contributed by atoms with Gasteiger partial charge in [0, 0.05) is 11.2 Å². The number of ether oxygens (including phenoxy) is 2. The fourth-order valence-corrected chi connectivity index (χ4v) is 2.55. The molecule has 1 aromatic carbocycles. The molecule has 0 N–H and O–H groups in total. The number of sulfone groups is 1. The fourth-order valence-electron chi connectivity index (χ4n) is 1.71. The van der Waals surface area contributed by atoms with Crippen LogP contribution in [0.5, 0.6) is 11.5 Å². The van der Waals surface area contributed by atoms with E-state index in [-0.39, 0.29) is 13.2 Å². The average Bonchev–Trinajstić information content (AvgIpc) is 2.37. The summed E-state index contributed by atoms with van der Waals surface area (Å²) in [6.07, 6.45) is 1.10. The van der Waals surface area contributed by atoms with E-state index in [0.29, 0.717) is 23.7 Å². The molecule has 21 heavy (non-hydrogen) atoms. The van der Waals surface area contributed by atoms with Crippen LogP contribution >= 0.6 is 0 Å². The molecule has 0 amide bonds. The van der Waals surface area contributed by atoms with E-state index >= 15 is 0 Å². The first-order chi connectivity index (χ1) is 9.41. The molecule has 1 aromatic rings. The summed E-state index contributed by atoms with van der Waals surface area (Å²) in [5, 5.41) is 3.54. The summed E-state index contributed by atoms with van der Waals surface area (Å²) in [5.74, 6) is 0.767. The molecule has 0 bridgehead atoms. The maximum Gasteiger partial charge on any atom is 0.161 e. The Bertz CT molecular complexity index is 610. The maximum atomic E-state index is 11.4. The lowest BCUT2D eigenvalue weighted by Gasteiger charge is -2.14. The lowest BCUT2D eigenvalue weighted by Crippen LogP contribution is -2.11. The van der Waals surface area contributed by atoms with Gasteiger partial charge >= 0.3 is 0 Å². The van der Waals surface area contributed by atoms with Gasteiger partial charge in [-0.3, -0.25) is 0 Å². The monoisotopic (exact) mass is 315 g/mol. The molecule has 0 fully saturated rings. The quantitative estimate of drug-likeness (QED) is 0.438. The second-order valence-corrected chi connectivity index (χ2v) is 6.34. The minimum Gasteiger partial charge on any atom is -0.493 e. The molecular weight excluding hydrogens is 294 g/mol. The highest BCUT2D eigenvalue weighted by Crippen LogP contribution is 2.32.